The molecule has 0 aliphatic carbocycles. The Balaban J connectivity index is 1.58. The van der Waals surface area contributed by atoms with Crippen LogP contribution in [0, 0.1) is 0 Å². The molecule has 1 N–H and O–H groups in total. The molecule has 3 rings (SSSR count). The number of carbonyl (C=O) groups is 1. The maximum absolute atomic E-state index is 12.0. The Bertz CT molecular complexity index is 611. The minimum absolute atomic E-state index is 0.0891. The van der Waals surface area contributed by atoms with E-state index in [-0.39, 0.29) is 11.9 Å². The van der Waals surface area contributed by atoms with Crippen LogP contribution in [-0.2, 0) is 4.79 Å². The first-order valence-corrected chi connectivity index (χ1v) is 8.10. The molecule has 5 nitrogen and oxygen atoms in total. The van der Waals surface area contributed by atoms with Crippen molar-refractivity contribution < 1.29 is 13.6 Å². The highest BCUT2D eigenvalue weighted by atomic mass is 16.3. The molecule has 23 heavy (non-hydrogen) atoms. The fourth-order valence-electron chi connectivity index (χ4n) is 2.92. The van der Waals surface area contributed by atoms with E-state index in [0.717, 1.165) is 18.8 Å². The molecule has 0 bridgehead atoms. The monoisotopic (exact) mass is 314 g/mol. The molecule has 1 aliphatic rings. The largest absolute Gasteiger partial charge is 0.468 e. The van der Waals surface area contributed by atoms with E-state index in [4.69, 9.17) is 8.83 Å². The van der Waals surface area contributed by atoms with Crippen LogP contribution in [0.25, 0.3) is 6.08 Å². The zero-order valence-electron chi connectivity index (χ0n) is 13.1. The Morgan fingerprint density at radius 3 is 2.65 bits per heavy atom. The minimum atomic E-state index is -0.130. The fraction of sp³-hybridized carbons (Fsp3) is 0.389. The minimum Gasteiger partial charge on any atom is -0.468 e. The van der Waals surface area contributed by atoms with E-state index in [9.17, 15) is 4.79 Å². The Morgan fingerprint density at radius 2 is 1.96 bits per heavy atom. The normalized spacial score (nSPS) is 17.4. The Labute approximate surface area is 136 Å². The van der Waals surface area contributed by atoms with Gasteiger partial charge in [0.05, 0.1) is 18.6 Å². The van der Waals surface area contributed by atoms with Gasteiger partial charge in [-0.15, -0.1) is 0 Å². The predicted octanol–water partition coefficient (Wildman–Crippen LogP) is 3.23. The molecular formula is C18H22N2O3. The van der Waals surface area contributed by atoms with Crippen LogP contribution in [0.15, 0.2) is 51.7 Å². The van der Waals surface area contributed by atoms with Crippen LogP contribution < -0.4 is 5.32 Å². The number of piperidine rings is 1. The van der Waals surface area contributed by atoms with Gasteiger partial charge >= 0.3 is 0 Å². The second-order valence-electron chi connectivity index (χ2n) is 5.72. The summed E-state index contributed by atoms with van der Waals surface area (Å²) in [4.78, 5) is 14.4. The van der Waals surface area contributed by atoms with Crippen LogP contribution in [0.3, 0.4) is 0 Å². The van der Waals surface area contributed by atoms with Crippen LogP contribution in [0.5, 0.6) is 0 Å². The van der Waals surface area contributed by atoms with Crippen molar-refractivity contribution in [2.75, 3.05) is 19.6 Å². The molecule has 1 unspecified atom stereocenters. The summed E-state index contributed by atoms with van der Waals surface area (Å²) >= 11 is 0. The van der Waals surface area contributed by atoms with Gasteiger partial charge in [-0.1, -0.05) is 6.42 Å². The zero-order valence-corrected chi connectivity index (χ0v) is 13.1. The van der Waals surface area contributed by atoms with E-state index < -0.39 is 0 Å². The van der Waals surface area contributed by atoms with Gasteiger partial charge in [-0.05, 0) is 56.3 Å². The molecule has 0 aromatic carbocycles. The molecular weight excluding hydrogens is 292 g/mol. The molecule has 2 aromatic rings. The Hall–Kier alpha value is -2.27. The number of nitrogens with one attached hydrogen (secondary N) is 1. The van der Waals surface area contributed by atoms with Crippen LogP contribution in [0.2, 0.25) is 0 Å². The van der Waals surface area contributed by atoms with Gasteiger partial charge in [-0.2, -0.15) is 0 Å². The molecule has 1 fully saturated rings. The number of hydrogen-bond acceptors (Lipinski definition) is 4. The Morgan fingerprint density at radius 1 is 1.17 bits per heavy atom. The molecule has 5 heteroatoms. The summed E-state index contributed by atoms with van der Waals surface area (Å²) in [7, 11) is 0. The SMILES string of the molecule is O=C(C=Cc1ccco1)NCC(c1ccco1)N1CCCCC1. The average Bonchev–Trinajstić information content (AvgIpc) is 3.28. The predicted molar refractivity (Wildman–Crippen MR) is 87.6 cm³/mol. The fourth-order valence-corrected chi connectivity index (χ4v) is 2.92. The second kappa shape index (κ2) is 7.83. The van der Waals surface area contributed by atoms with Crippen molar-refractivity contribution in [2.24, 2.45) is 0 Å². The number of likely N-dealkylation sites (tertiary alicyclic amines) is 1. The lowest BCUT2D eigenvalue weighted by atomic mass is 10.1. The van der Waals surface area contributed by atoms with Crippen LogP contribution >= 0.6 is 0 Å². The smallest absolute Gasteiger partial charge is 0.244 e. The van der Waals surface area contributed by atoms with Gasteiger partial charge in [0.1, 0.15) is 11.5 Å². The van der Waals surface area contributed by atoms with Crippen molar-refractivity contribution in [1.29, 1.82) is 0 Å². The first kappa shape index (κ1) is 15.6. The number of hydrogen-bond donors (Lipinski definition) is 1. The lowest BCUT2D eigenvalue weighted by Gasteiger charge is -2.33. The van der Waals surface area contributed by atoms with Crippen molar-refractivity contribution in [3.63, 3.8) is 0 Å². The van der Waals surface area contributed by atoms with Gasteiger partial charge in [0, 0.05) is 12.6 Å². The van der Waals surface area contributed by atoms with E-state index in [1.165, 1.54) is 25.3 Å². The quantitative estimate of drug-likeness (QED) is 0.832. The molecule has 1 aliphatic heterocycles. The van der Waals surface area contributed by atoms with Gasteiger partial charge in [0.15, 0.2) is 0 Å². The van der Waals surface area contributed by atoms with Crippen LogP contribution in [-0.4, -0.2) is 30.4 Å². The van der Waals surface area contributed by atoms with E-state index in [1.807, 2.05) is 18.2 Å². The second-order valence-corrected chi connectivity index (χ2v) is 5.72. The number of nitrogens with zero attached hydrogens (tertiary/aromatic N) is 1. The maximum atomic E-state index is 12.0. The summed E-state index contributed by atoms with van der Waals surface area (Å²) in [6.07, 6.45) is 10.1. The molecule has 1 amide bonds. The standard InChI is InChI=1S/C18H22N2O3/c21-18(9-8-15-6-4-12-22-15)19-14-16(17-7-5-13-23-17)20-10-2-1-3-11-20/h4-9,12-13,16H,1-3,10-11,14H2,(H,19,21). The van der Waals surface area contributed by atoms with Gasteiger partial charge < -0.3 is 14.2 Å². The first-order valence-electron chi connectivity index (χ1n) is 8.10. The third-order valence-corrected chi connectivity index (χ3v) is 4.11. The topological polar surface area (TPSA) is 58.6 Å². The number of amides is 1. The van der Waals surface area contributed by atoms with E-state index in [1.54, 1.807) is 24.7 Å². The van der Waals surface area contributed by atoms with Gasteiger partial charge in [-0.3, -0.25) is 9.69 Å². The number of carbonyl (C=O) groups excluding carboxylic acids is 1. The van der Waals surface area contributed by atoms with Gasteiger partial charge in [-0.25, -0.2) is 0 Å². The summed E-state index contributed by atoms with van der Waals surface area (Å²) in [5.41, 5.74) is 0. The summed E-state index contributed by atoms with van der Waals surface area (Å²) in [6, 6.07) is 7.56. The number of furan rings is 2. The van der Waals surface area contributed by atoms with Gasteiger partial charge in [0.25, 0.3) is 0 Å². The molecule has 0 saturated carbocycles. The summed E-state index contributed by atoms with van der Waals surface area (Å²) in [6.45, 7) is 2.63. The van der Waals surface area contributed by atoms with Crippen molar-refractivity contribution in [1.82, 2.24) is 10.2 Å². The molecule has 1 atom stereocenters. The summed E-state index contributed by atoms with van der Waals surface area (Å²) < 4.78 is 10.7. The highest BCUT2D eigenvalue weighted by Crippen LogP contribution is 2.24. The van der Waals surface area contributed by atoms with Gasteiger partial charge in [0.2, 0.25) is 5.91 Å². The zero-order chi connectivity index (χ0) is 15.9. The average molecular weight is 314 g/mol. The lowest BCUT2D eigenvalue weighted by Crippen LogP contribution is -2.40. The van der Waals surface area contributed by atoms with Crippen LogP contribution in [0.4, 0.5) is 0 Å². The van der Waals surface area contributed by atoms with E-state index in [2.05, 4.69) is 10.2 Å². The van der Waals surface area contributed by atoms with E-state index >= 15 is 0 Å². The molecule has 0 spiro atoms. The maximum Gasteiger partial charge on any atom is 0.244 e. The number of rotatable bonds is 6. The Kier molecular flexibility index (Phi) is 5.32. The summed E-state index contributed by atoms with van der Waals surface area (Å²) in [5, 5.41) is 2.96. The molecule has 0 radical (unpaired) electrons. The van der Waals surface area contributed by atoms with Crippen molar-refractivity contribution in [3.8, 4) is 0 Å². The van der Waals surface area contributed by atoms with Crippen LogP contribution in [0.1, 0.15) is 36.8 Å². The molecule has 122 valence electrons. The van der Waals surface area contributed by atoms with Crippen molar-refractivity contribution in [3.05, 3.63) is 54.4 Å². The molecule has 2 aromatic heterocycles. The molecule has 1 saturated heterocycles. The lowest BCUT2D eigenvalue weighted by molar-refractivity contribution is -0.116. The third kappa shape index (κ3) is 4.36. The summed E-state index contributed by atoms with van der Waals surface area (Å²) in [5.74, 6) is 1.44. The molecule has 3 heterocycles. The third-order valence-electron chi connectivity index (χ3n) is 4.11. The van der Waals surface area contributed by atoms with Crippen molar-refractivity contribution >= 4 is 12.0 Å². The van der Waals surface area contributed by atoms with Crippen molar-refractivity contribution in [2.45, 2.75) is 25.3 Å². The highest BCUT2D eigenvalue weighted by Gasteiger charge is 2.24. The van der Waals surface area contributed by atoms with E-state index in [0.29, 0.717) is 12.3 Å². The highest BCUT2D eigenvalue weighted by molar-refractivity contribution is 5.91. The first-order chi connectivity index (χ1) is 11.3.